The molecule has 0 aliphatic carbocycles. The van der Waals surface area contributed by atoms with Gasteiger partial charge in [0.15, 0.2) is 0 Å². The highest BCUT2D eigenvalue weighted by atomic mass is 16.5. The van der Waals surface area contributed by atoms with Gasteiger partial charge in [0, 0.05) is 11.8 Å². The summed E-state index contributed by atoms with van der Waals surface area (Å²) in [5.41, 5.74) is 6.01. The largest absolute Gasteiger partial charge is 0.494 e. The van der Waals surface area contributed by atoms with Crippen LogP contribution in [-0.2, 0) is 0 Å². The van der Waals surface area contributed by atoms with Crippen molar-refractivity contribution in [1.82, 2.24) is 0 Å². The van der Waals surface area contributed by atoms with Crippen molar-refractivity contribution in [2.24, 2.45) is 0 Å². The maximum atomic E-state index is 10.8. The molecule has 4 nitrogen and oxygen atoms in total. The van der Waals surface area contributed by atoms with Crippen LogP contribution in [0.15, 0.2) is 18.2 Å². The van der Waals surface area contributed by atoms with Gasteiger partial charge in [-0.2, -0.15) is 0 Å². The minimum atomic E-state index is -1.01. The second kappa shape index (κ2) is 8.40. The smallest absolute Gasteiger partial charge is 0.337 e. The van der Waals surface area contributed by atoms with Crippen LogP contribution in [0.25, 0.3) is 0 Å². The fraction of sp³-hybridized carbons (Fsp3) is 0.533. The summed E-state index contributed by atoms with van der Waals surface area (Å²) in [5, 5.41) is 8.85. The molecule has 0 heterocycles. The molecule has 0 atom stereocenters. The number of hydrogen-bond donors (Lipinski definition) is 2. The zero-order chi connectivity index (χ0) is 14.1. The summed E-state index contributed by atoms with van der Waals surface area (Å²) >= 11 is 0. The normalized spacial score (nSPS) is 10.4. The molecule has 0 aliphatic rings. The first-order chi connectivity index (χ1) is 9.15. The zero-order valence-corrected chi connectivity index (χ0v) is 11.5. The molecule has 1 rings (SSSR count). The van der Waals surface area contributed by atoms with E-state index in [2.05, 4.69) is 6.92 Å². The van der Waals surface area contributed by atoms with Gasteiger partial charge in [-0.05, 0) is 18.6 Å². The van der Waals surface area contributed by atoms with Gasteiger partial charge in [0.25, 0.3) is 0 Å². The van der Waals surface area contributed by atoms with E-state index in [-0.39, 0.29) is 11.3 Å². The van der Waals surface area contributed by atoms with Crippen molar-refractivity contribution in [2.45, 2.75) is 45.4 Å². The Morgan fingerprint density at radius 2 is 1.89 bits per heavy atom. The van der Waals surface area contributed by atoms with Crippen molar-refractivity contribution in [3.05, 3.63) is 23.8 Å². The number of rotatable bonds is 9. The van der Waals surface area contributed by atoms with Crippen LogP contribution in [0.3, 0.4) is 0 Å². The molecule has 0 saturated heterocycles. The first-order valence-corrected chi connectivity index (χ1v) is 6.90. The number of benzene rings is 1. The van der Waals surface area contributed by atoms with Gasteiger partial charge < -0.3 is 15.6 Å². The summed E-state index contributed by atoms with van der Waals surface area (Å²) in [4.78, 5) is 10.8. The Kier molecular flexibility index (Phi) is 6.79. The first kappa shape index (κ1) is 15.3. The molecule has 3 N–H and O–H groups in total. The van der Waals surface area contributed by atoms with Gasteiger partial charge in [0.2, 0.25) is 0 Å². The highest BCUT2D eigenvalue weighted by molar-refractivity contribution is 5.93. The quantitative estimate of drug-likeness (QED) is 0.527. The van der Waals surface area contributed by atoms with E-state index < -0.39 is 5.97 Å². The Morgan fingerprint density at radius 1 is 1.21 bits per heavy atom. The van der Waals surface area contributed by atoms with Crippen molar-refractivity contribution >= 4 is 11.7 Å². The number of nitrogen functional groups attached to an aromatic ring is 1. The minimum Gasteiger partial charge on any atom is -0.494 e. The monoisotopic (exact) mass is 265 g/mol. The lowest BCUT2D eigenvalue weighted by Gasteiger charge is -2.08. The van der Waals surface area contributed by atoms with Crippen LogP contribution in [0.4, 0.5) is 5.69 Å². The molecule has 106 valence electrons. The van der Waals surface area contributed by atoms with Gasteiger partial charge in [-0.25, -0.2) is 4.79 Å². The molecule has 1 aromatic carbocycles. The predicted octanol–water partition coefficient (Wildman–Crippen LogP) is 3.71. The maximum absolute atomic E-state index is 10.8. The fourth-order valence-corrected chi connectivity index (χ4v) is 1.90. The van der Waals surface area contributed by atoms with Gasteiger partial charge >= 0.3 is 5.97 Å². The molecular formula is C15H23NO3. The number of carboxylic acids is 1. The summed E-state index contributed by atoms with van der Waals surface area (Å²) in [6.45, 7) is 2.85. The van der Waals surface area contributed by atoms with Crippen molar-refractivity contribution < 1.29 is 14.6 Å². The summed E-state index contributed by atoms with van der Waals surface area (Å²) < 4.78 is 5.56. The fourth-order valence-electron chi connectivity index (χ4n) is 1.90. The average molecular weight is 265 g/mol. The Morgan fingerprint density at radius 3 is 2.53 bits per heavy atom. The lowest BCUT2D eigenvalue weighted by atomic mass is 10.1. The standard InChI is InChI=1S/C15H23NO3/c1-2-3-4-5-6-7-10-19-12-8-9-13(15(17)18)14(16)11-12/h8-9,11H,2-7,10,16H2,1H3,(H,17,18). The molecule has 0 aromatic heterocycles. The van der Waals surface area contributed by atoms with Gasteiger partial charge in [-0.1, -0.05) is 39.0 Å². The van der Waals surface area contributed by atoms with Crippen LogP contribution in [0.5, 0.6) is 5.75 Å². The van der Waals surface area contributed by atoms with Crippen molar-refractivity contribution in [1.29, 1.82) is 0 Å². The third-order valence-electron chi connectivity index (χ3n) is 3.02. The highest BCUT2D eigenvalue weighted by Gasteiger charge is 2.08. The average Bonchev–Trinajstić information content (AvgIpc) is 2.37. The van der Waals surface area contributed by atoms with E-state index in [1.165, 1.54) is 38.2 Å². The number of carboxylic acid groups (broad SMARTS) is 1. The topological polar surface area (TPSA) is 72.5 Å². The SMILES string of the molecule is CCCCCCCCOc1ccc(C(=O)O)c(N)c1. The van der Waals surface area contributed by atoms with E-state index in [0.29, 0.717) is 12.4 Å². The zero-order valence-electron chi connectivity index (χ0n) is 11.5. The Bertz CT molecular complexity index is 404. The van der Waals surface area contributed by atoms with Gasteiger partial charge in [0.1, 0.15) is 5.75 Å². The predicted molar refractivity (Wildman–Crippen MR) is 76.7 cm³/mol. The molecule has 0 bridgehead atoms. The summed E-state index contributed by atoms with van der Waals surface area (Å²) in [6.07, 6.45) is 7.28. The van der Waals surface area contributed by atoms with E-state index >= 15 is 0 Å². The van der Waals surface area contributed by atoms with Gasteiger partial charge in [0.05, 0.1) is 12.2 Å². The number of hydrogen-bond acceptors (Lipinski definition) is 3. The molecule has 0 aliphatic heterocycles. The molecule has 0 spiro atoms. The number of anilines is 1. The van der Waals surface area contributed by atoms with Crippen molar-refractivity contribution in [3.8, 4) is 5.75 Å². The maximum Gasteiger partial charge on any atom is 0.337 e. The molecule has 0 unspecified atom stereocenters. The van der Waals surface area contributed by atoms with Gasteiger partial charge in [-0.15, -0.1) is 0 Å². The van der Waals surface area contributed by atoms with Gasteiger partial charge in [-0.3, -0.25) is 0 Å². The molecule has 1 aromatic rings. The molecule has 0 fully saturated rings. The lowest BCUT2D eigenvalue weighted by Crippen LogP contribution is -2.03. The number of aromatic carboxylic acids is 1. The van der Waals surface area contributed by atoms with Crippen LogP contribution in [0, 0.1) is 0 Å². The molecular weight excluding hydrogens is 242 g/mol. The van der Waals surface area contributed by atoms with Crippen molar-refractivity contribution in [3.63, 3.8) is 0 Å². The van der Waals surface area contributed by atoms with Crippen LogP contribution in [0.1, 0.15) is 55.8 Å². The van der Waals surface area contributed by atoms with E-state index in [4.69, 9.17) is 15.6 Å². The number of unbranched alkanes of at least 4 members (excludes halogenated alkanes) is 5. The van der Waals surface area contributed by atoms with Crippen molar-refractivity contribution in [2.75, 3.05) is 12.3 Å². The second-order valence-corrected chi connectivity index (χ2v) is 4.67. The number of carbonyl (C=O) groups is 1. The third kappa shape index (κ3) is 5.64. The van der Waals surface area contributed by atoms with Crippen LogP contribution < -0.4 is 10.5 Å². The summed E-state index contributed by atoms with van der Waals surface area (Å²) in [6, 6.07) is 4.70. The van der Waals surface area contributed by atoms with E-state index in [0.717, 1.165) is 6.42 Å². The number of ether oxygens (including phenoxy) is 1. The van der Waals surface area contributed by atoms with E-state index in [1.807, 2.05) is 0 Å². The second-order valence-electron chi connectivity index (χ2n) is 4.67. The van der Waals surface area contributed by atoms with Crippen LogP contribution in [-0.4, -0.2) is 17.7 Å². The summed E-state index contributed by atoms with van der Waals surface area (Å²) in [7, 11) is 0. The molecule has 0 saturated carbocycles. The van der Waals surface area contributed by atoms with Crippen LogP contribution >= 0.6 is 0 Å². The van der Waals surface area contributed by atoms with E-state index in [1.54, 1.807) is 12.1 Å². The summed E-state index contributed by atoms with van der Waals surface area (Å²) in [5.74, 6) is -0.379. The highest BCUT2D eigenvalue weighted by Crippen LogP contribution is 2.20. The minimum absolute atomic E-state index is 0.118. The van der Waals surface area contributed by atoms with Crippen LogP contribution in [0.2, 0.25) is 0 Å². The third-order valence-corrected chi connectivity index (χ3v) is 3.02. The lowest BCUT2D eigenvalue weighted by molar-refractivity contribution is 0.0698. The Labute approximate surface area is 114 Å². The molecule has 19 heavy (non-hydrogen) atoms. The molecule has 4 heteroatoms. The van der Waals surface area contributed by atoms with E-state index in [9.17, 15) is 4.79 Å². The first-order valence-electron chi connectivity index (χ1n) is 6.90. The molecule has 0 radical (unpaired) electrons. The number of nitrogens with two attached hydrogens (primary N) is 1. The molecule has 0 amide bonds. The Hall–Kier alpha value is -1.71. The Balaban J connectivity index is 2.26.